The maximum Gasteiger partial charge on any atom is 0.243 e. The van der Waals surface area contributed by atoms with E-state index in [0.717, 1.165) is 5.56 Å². The van der Waals surface area contributed by atoms with Crippen molar-refractivity contribution in [3.05, 3.63) is 54.1 Å². The van der Waals surface area contributed by atoms with Gasteiger partial charge < -0.3 is 42.2 Å². The van der Waals surface area contributed by atoms with E-state index < -0.39 is 66.3 Å². The van der Waals surface area contributed by atoms with E-state index in [0.29, 0.717) is 44.5 Å². The number of rotatable bonds is 18. The maximum atomic E-state index is 13.4. The van der Waals surface area contributed by atoms with E-state index in [2.05, 4.69) is 36.6 Å². The summed E-state index contributed by atoms with van der Waals surface area (Å²) in [5, 5.41) is 13.6. The van der Waals surface area contributed by atoms with E-state index in [1.165, 1.54) is 24.3 Å². The van der Waals surface area contributed by atoms with Crippen LogP contribution in [0, 0.1) is 11.8 Å². The van der Waals surface area contributed by atoms with Gasteiger partial charge in [-0.3, -0.25) is 28.8 Å². The van der Waals surface area contributed by atoms with Crippen LogP contribution in [0.2, 0.25) is 0 Å². The fourth-order valence-corrected chi connectivity index (χ4v) is 5.57. The van der Waals surface area contributed by atoms with Crippen LogP contribution in [0.4, 0.5) is 0 Å². The molecule has 1 aliphatic rings. The van der Waals surface area contributed by atoms with Gasteiger partial charge in [0.1, 0.15) is 24.2 Å². The molecule has 0 unspecified atom stereocenters. The highest BCUT2D eigenvalue weighted by atomic mass is 16.2. The van der Waals surface area contributed by atoms with Crippen LogP contribution in [0.15, 0.2) is 42.9 Å². The molecule has 1 aromatic heterocycles. The van der Waals surface area contributed by atoms with Crippen molar-refractivity contribution < 1.29 is 28.8 Å². The van der Waals surface area contributed by atoms with Gasteiger partial charge in [0.15, 0.2) is 0 Å². The quantitative estimate of drug-likeness (QED) is 0.112. The average Bonchev–Trinajstić information content (AvgIpc) is 3.81. The third-order valence-electron chi connectivity index (χ3n) is 9.02. The summed E-state index contributed by atoms with van der Waals surface area (Å²) in [6, 6.07) is 5.28. The second-order valence-electron chi connectivity index (χ2n) is 13.2. The van der Waals surface area contributed by atoms with Crippen molar-refractivity contribution in [2.24, 2.45) is 17.6 Å². The second-order valence-corrected chi connectivity index (χ2v) is 13.2. The number of nitrogens with two attached hydrogens (primary N) is 1. The zero-order valence-electron chi connectivity index (χ0n) is 29.7. The van der Waals surface area contributed by atoms with Crippen LogP contribution >= 0.6 is 0 Å². The van der Waals surface area contributed by atoms with E-state index in [4.69, 9.17) is 5.73 Å². The fourth-order valence-electron chi connectivity index (χ4n) is 5.57. The molecule has 0 bridgehead atoms. The molecule has 2 aromatic rings. The summed E-state index contributed by atoms with van der Waals surface area (Å²) in [5.41, 5.74) is 7.65. The van der Waals surface area contributed by atoms with Gasteiger partial charge in [0.2, 0.25) is 35.4 Å². The molecule has 0 spiro atoms. The first kappa shape index (κ1) is 39.6. The van der Waals surface area contributed by atoms with Gasteiger partial charge in [-0.25, -0.2) is 4.98 Å². The van der Waals surface area contributed by atoms with Crippen LogP contribution in [0.25, 0.3) is 0 Å². The molecule has 50 heavy (non-hydrogen) atoms. The molecule has 15 heteroatoms. The van der Waals surface area contributed by atoms with Crippen LogP contribution in [0.5, 0.6) is 0 Å². The van der Waals surface area contributed by atoms with Gasteiger partial charge in [0.05, 0.1) is 18.9 Å². The molecule has 3 rings (SSSR count). The van der Waals surface area contributed by atoms with Gasteiger partial charge in [-0.2, -0.15) is 0 Å². The molecule has 1 saturated heterocycles. The van der Waals surface area contributed by atoms with Gasteiger partial charge in [-0.1, -0.05) is 64.4 Å². The number of nitrogens with zero attached hydrogens (tertiary/aromatic N) is 2. The predicted octanol–water partition coefficient (Wildman–Crippen LogP) is -0.0780. The Balaban J connectivity index is 1.54. The highest BCUT2D eigenvalue weighted by molar-refractivity contribution is 5.95. The number of aromatic nitrogens is 2. The Morgan fingerprint density at radius 3 is 2.30 bits per heavy atom. The Hall–Kier alpha value is -4.79. The van der Waals surface area contributed by atoms with Crippen LogP contribution in [-0.2, 0) is 41.6 Å². The number of benzene rings is 1. The summed E-state index contributed by atoms with van der Waals surface area (Å²) in [7, 11) is 0. The second kappa shape index (κ2) is 19.4. The molecule has 0 aliphatic carbocycles. The first-order chi connectivity index (χ1) is 23.8. The Morgan fingerprint density at radius 1 is 0.940 bits per heavy atom. The first-order valence-corrected chi connectivity index (χ1v) is 17.3. The third kappa shape index (κ3) is 11.7. The van der Waals surface area contributed by atoms with Gasteiger partial charge in [0.25, 0.3) is 0 Å². The van der Waals surface area contributed by atoms with E-state index in [-0.39, 0.29) is 24.2 Å². The van der Waals surface area contributed by atoms with E-state index in [1.807, 2.05) is 44.2 Å². The molecule has 6 amide bonds. The summed E-state index contributed by atoms with van der Waals surface area (Å²) in [4.78, 5) is 86.8. The molecule has 15 nitrogen and oxygen atoms in total. The Bertz CT molecular complexity index is 1440. The monoisotopic (exact) mass is 695 g/mol. The van der Waals surface area contributed by atoms with Crippen molar-refractivity contribution >= 4 is 35.4 Å². The summed E-state index contributed by atoms with van der Waals surface area (Å²) in [6.07, 6.45) is 5.38. The minimum atomic E-state index is -1.05. The molecular weight excluding hydrogens is 642 g/mol. The predicted molar refractivity (Wildman–Crippen MR) is 187 cm³/mol. The zero-order valence-corrected chi connectivity index (χ0v) is 29.7. The number of carbonyl (C=O) groups is 6. The molecule has 6 atom stereocenters. The number of amides is 6. The van der Waals surface area contributed by atoms with Gasteiger partial charge >= 0.3 is 0 Å². The van der Waals surface area contributed by atoms with Gasteiger partial charge in [0, 0.05) is 31.4 Å². The first-order valence-electron chi connectivity index (χ1n) is 17.3. The van der Waals surface area contributed by atoms with Crippen molar-refractivity contribution in [2.75, 3.05) is 19.6 Å². The minimum Gasteiger partial charge on any atom is -0.354 e. The summed E-state index contributed by atoms with van der Waals surface area (Å²) >= 11 is 0. The normalized spacial score (nSPS) is 17.2. The maximum absolute atomic E-state index is 13.4. The molecule has 8 N–H and O–H groups in total. The SMILES string of the molecule is CC[C@H](C)[C@H](NC(=O)[C@@H]1CCCN1C(=O)CNC(=O)[C@H](C)NC(=O)[C@H](Cc1cnc[nH]1)NC(=O)[C@@H](N)C(C)C)C(=O)NCCc1ccccc1. The number of likely N-dealkylation sites (tertiary alicyclic amines) is 1. The lowest BCUT2D eigenvalue weighted by Gasteiger charge is -2.29. The average molecular weight is 696 g/mol. The molecule has 274 valence electrons. The Labute approximate surface area is 293 Å². The topological polar surface area (TPSA) is 221 Å². The van der Waals surface area contributed by atoms with Crippen LogP contribution in [0.3, 0.4) is 0 Å². The number of H-pyrrole nitrogens is 1. The number of imidazole rings is 1. The summed E-state index contributed by atoms with van der Waals surface area (Å²) in [5.74, 6) is -3.22. The summed E-state index contributed by atoms with van der Waals surface area (Å²) < 4.78 is 0. The molecule has 2 heterocycles. The van der Waals surface area contributed by atoms with Crippen molar-refractivity contribution in [3.8, 4) is 0 Å². The largest absolute Gasteiger partial charge is 0.354 e. The van der Waals surface area contributed by atoms with Crippen molar-refractivity contribution in [1.29, 1.82) is 0 Å². The van der Waals surface area contributed by atoms with Gasteiger partial charge in [-0.05, 0) is 43.6 Å². The van der Waals surface area contributed by atoms with Crippen molar-refractivity contribution in [3.63, 3.8) is 0 Å². The standard InChI is InChI=1S/C35H53N9O6/c1-6-22(4)30(35(50)38-15-14-24-11-8-7-9-12-24)43-33(48)27-13-10-16-44(27)28(45)19-39-31(46)23(5)41-32(47)26(17-25-18-37-20-40-25)42-34(49)29(36)21(2)3/h7-9,11-12,18,20-23,26-27,29-30H,6,10,13-17,19,36H2,1-5H3,(H,37,40)(H,38,50)(H,39,46)(H,41,47)(H,42,49)(H,43,48)/t22-,23-,26-,27-,29-,30-/m0/s1. The third-order valence-corrected chi connectivity index (χ3v) is 9.02. The number of hydrogen-bond donors (Lipinski definition) is 7. The molecule has 0 radical (unpaired) electrons. The van der Waals surface area contributed by atoms with E-state index >= 15 is 0 Å². The molecule has 0 saturated carbocycles. The molecule has 1 aromatic carbocycles. The minimum absolute atomic E-state index is 0.0842. The Kier molecular flexibility index (Phi) is 15.4. The Morgan fingerprint density at radius 2 is 1.66 bits per heavy atom. The fraction of sp³-hybridized carbons (Fsp3) is 0.571. The molecule has 1 aliphatic heterocycles. The van der Waals surface area contributed by atoms with Crippen LogP contribution < -0.4 is 32.3 Å². The highest BCUT2D eigenvalue weighted by Gasteiger charge is 2.37. The lowest BCUT2D eigenvalue weighted by molar-refractivity contribution is -0.140. The number of aromatic amines is 1. The lowest BCUT2D eigenvalue weighted by atomic mass is 9.97. The number of carbonyl (C=O) groups excluding carboxylic acids is 6. The zero-order chi connectivity index (χ0) is 36.8. The number of nitrogens with one attached hydrogen (secondary N) is 6. The van der Waals surface area contributed by atoms with Crippen molar-refractivity contribution in [1.82, 2.24) is 41.5 Å². The van der Waals surface area contributed by atoms with Crippen LogP contribution in [0.1, 0.15) is 65.1 Å². The molecular formula is C35H53N9O6. The smallest absolute Gasteiger partial charge is 0.243 e. The molecule has 1 fully saturated rings. The van der Waals surface area contributed by atoms with E-state index in [1.54, 1.807) is 13.8 Å². The van der Waals surface area contributed by atoms with Crippen molar-refractivity contribution in [2.45, 2.75) is 96.9 Å². The lowest BCUT2D eigenvalue weighted by Crippen LogP contribution is -2.57. The van der Waals surface area contributed by atoms with Gasteiger partial charge in [-0.15, -0.1) is 0 Å². The van der Waals surface area contributed by atoms with Crippen LogP contribution in [-0.4, -0.2) is 100 Å². The number of hydrogen-bond acceptors (Lipinski definition) is 8. The highest BCUT2D eigenvalue weighted by Crippen LogP contribution is 2.19. The van der Waals surface area contributed by atoms with E-state index in [9.17, 15) is 28.8 Å². The summed E-state index contributed by atoms with van der Waals surface area (Å²) in [6.45, 7) is 9.22.